The smallest absolute Gasteiger partial charge is 0.205 e. The van der Waals surface area contributed by atoms with Gasteiger partial charge in [0.2, 0.25) is 5.13 Å². The molecular weight excluding hydrogens is 260 g/mol. The number of aromatic nitrogens is 2. The SMILES string of the molecule is CC1(C)CN(c2nc(C(C)(C)C)ns2)CC(CN)O1. The first kappa shape index (κ1) is 14.7. The normalized spacial score (nSPS) is 23.7. The van der Waals surface area contributed by atoms with E-state index in [0.717, 1.165) is 24.0 Å². The van der Waals surface area contributed by atoms with Crippen LogP contribution in [0.5, 0.6) is 0 Å². The van der Waals surface area contributed by atoms with Crippen molar-refractivity contribution in [1.82, 2.24) is 9.36 Å². The number of ether oxygens (including phenoxy) is 1. The molecule has 108 valence electrons. The maximum Gasteiger partial charge on any atom is 0.205 e. The molecule has 5 nitrogen and oxygen atoms in total. The van der Waals surface area contributed by atoms with Gasteiger partial charge in [0.15, 0.2) is 0 Å². The molecule has 1 aliphatic rings. The first-order chi connectivity index (χ1) is 8.71. The first-order valence-corrected chi connectivity index (χ1v) is 7.46. The van der Waals surface area contributed by atoms with Gasteiger partial charge in [-0.2, -0.15) is 4.37 Å². The second-order valence-corrected chi connectivity index (χ2v) is 7.50. The molecule has 2 heterocycles. The predicted molar refractivity (Wildman–Crippen MR) is 78.8 cm³/mol. The molecular formula is C13H24N4OS. The molecule has 1 atom stereocenters. The first-order valence-electron chi connectivity index (χ1n) is 6.68. The molecule has 6 heteroatoms. The van der Waals surface area contributed by atoms with Crippen LogP contribution in [-0.2, 0) is 10.2 Å². The Morgan fingerprint density at radius 3 is 2.68 bits per heavy atom. The lowest BCUT2D eigenvalue weighted by Gasteiger charge is -2.42. The Kier molecular flexibility index (Phi) is 3.86. The van der Waals surface area contributed by atoms with Gasteiger partial charge in [0.05, 0.1) is 11.7 Å². The van der Waals surface area contributed by atoms with Crippen molar-refractivity contribution in [1.29, 1.82) is 0 Å². The van der Waals surface area contributed by atoms with Crippen LogP contribution in [0.25, 0.3) is 0 Å². The molecule has 1 fully saturated rings. The highest BCUT2D eigenvalue weighted by Gasteiger charge is 2.34. The van der Waals surface area contributed by atoms with E-state index in [0.29, 0.717) is 6.54 Å². The molecule has 1 aliphatic heterocycles. The Hall–Kier alpha value is -0.720. The van der Waals surface area contributed by atoms with Gasteiger partial charge in [-0.05, 0) is 13.8 Å². The van der Waals surface area contributed by atoms with Crippen molar-refractivity contribution in [3.8, 4) is 0 Å². The monoisotopic (exact) mass is 284 g/mol. The maximum atomic E-state index is 5.94. The molecule has 0 spiro atoms. The van der Waals surface area contributed by atoms with E-state index in [1.54, 1.807) is 0 Å². The van der Waals surface area contributed by atoms with Crippen LogP contribution < -0.4 is 10.6 Å². The predicted octanol–water partition coefficient (Wildman–Crippen LogP) is 1.78. The molecule has 2 N–H and O–H groups in total. The van der Waals surface area contributed by atoms with Crippen LogP contribution >= 0.6 is 11.5 Å². The summed E-state index contributed by atoms with van der Waals surface area (Å²) >= 11 is 1.46. The lowest BCUT2D eigenvalue weighted by molar-refractivity contribution is -0.0788. The summed E-state index contributed by atoms with van der Waals surface area (Å²) in [6, 6.07) is 0. The van der Waals surface area contributed by atoms with E-state index in [1.807, 2.05) is 0 Å². The summed E-state index contributed by atoms with van der Waals surface area (Å²) in [6.07, 6.45) is 0.0609. The van der Waals surface area contributed by atoms with E-state index < -0.39 is 0 Å². The summed E-state index contributed by atoms with van der Waals surface area (Å²) in [7, 11) is 0. The fourth-order valence-corrected chi connectivity index (χ4v) is 3.08. The highest BCUT2D eigenvalue weighted by atomic mass is 32.1. The molecule has 0 saturated carbocycles. The second kappa shape index (κ2) is 5.00. The summed E-state index contributed by atoms with van der Waals surface area (Å²) in [5.74, 6) is 0.904. The van der Waals surface area contributed by atoms with Crippen molar-refractivity contribution in [2.24, 2.45) is 5.73 Å². The van der Waals surface area contributed by atoms with Gasteiger partial charge in [-0.15, -0.1) is 0 Å². The molecule has 19 heavy (non-hydrogen) atoms. The Labute approximate surface area is 119 Å². The van der Waals surface area contributed by atoms with Gasteiger partial charge >= 0.3 is 0 Å². The van der Waals surface area contributed by atoms with Crippen molar-refractivity contribution in [3.05, 3.63) is 5.82 Å². The van der Waals surface area contributed by atoms with Gasteiger partial charge in [0.25, 0.3) is 0 Å². The molecule has 1 aromatic heterocycles. The van der Waals surface area contributed by atoms with Crippen molar-refractivity contribution in [2.45, 2.75) is 51.7 Å². The standard InChI is InChI=1S/C13H24N4OS/c1-12(2,3)10-15-11(19-16-10)17-7-9(6-14)18-13(4,5)8-17/h9H,6-8,14H2,1-5H3. The van der Waals surface area contributed by atoms with Crippen molar-refractivity contribution >= 4 is 16.7 Å². The Balaban J connectivity index is 2.19. The second-order valence-electron chi connectivity index (χ2n) is 6.77. The minimum atomic E-state index is -0.199. The number of nitrogens with two attached hydrogens (primary N) is 1. The highest BCUT2D eigenvalue weighted by Crippen LogP contribution is 2.29. The molecule has 0 aliphatic carbocycles. The Morgan fingerprint density at radius 2 is 2.16 bits per heavy atom. The summed E-state index contributed by atoms with van der Waals surface area (Å²) in [5.41, 5.74) is 5.55. The summed E-state index contributed by atoms with van der Waals surface area (Å²) in [4.78, 5) is 6.92. The minimum Gasteiger partial charge on any atom is -0.367 e. The fraction of sp³-hybridized carbons (Fsp3) is 0.846. The van der Waals surface area contributed by atoms with Crippen LogP contribution in [0.4, 0.5) is 5.13 Å². The molecule has 0 radical (unpaired) electrons. The third kappa shape index (κ3) is 3.43. The minimum absolute atomic E-state index is 0.0101. The molecule has 1 aromatic rings. The van der Waals surface area contributed by atoms with E-state index in [2.05, 4.69) is 48.9 Å². The van der Waals surface area contributed by atoms with Crippen LogP contribution in [-0.4, -0.2) is 40.7 Å². The van der Waals surface area contributed by atoms with Gasteiger partial charge in [-0.3, -0.25) is 0 Å². The lowest BCUT2D eigenvalue weighted by Crippen LogP contribution is -2.55. The zero-order chi connectivity index (χ0) is 14.3. The third-order valence-electron chi connectivity index (χ3n) is 3.10. The molecule has 0 amide bonds. The molecule has 1 saturated heterocycles. The van der Waals surface area contributed by atoms with E-state index in [4.69, 9.17) is 10.5 Å². The highest BCUT2D eigenvalue weighted by molar-refractivity contribution is 7.09. The average molecular weight is 284 g/mol. The van der Waals surface area contributed by atoms with Crippen molar-refractivity contribution in [3.63, 3.8) is 0 Å². The number of morpholine rings is 1. The molecule has 0 bridgehead atoms. The van der Waals surface area contributed by atoms with E-state index >= 15 is 0 Å². The van der Waals surface area contributed by atoms with Gasteiger partial charge in [0.1, 0.15) is 5.82 Å². The molecule has 2 rings (SSSR count). The zero-order valence-corrected chi connectivity index (χ0v) is 13.3. The van der Waals surface area contributed by atoms with Crippen molar-refractivity contribution < 1.29 is 4.74 Å². The van der Waals surface area contributed by atoms with E-state index in [-0.39, 0.29) is 17.1 Å². The number of nitrogens with zero attached hydrogens (tertiary/aromatic N) is 3. The number of hydrogen-bond acceptors (Lipinski definition) is 6. The van der Waals surface area contributed by atoms with Gasteiger partial charge in [-0.25, -0.2) is 4.98 Å². The fourth-order valence-electron chi connectivity index (χ4n) is 2.21. The van der Waals surface area contributed by atoms with Gasteiger partial charge in [0, 0.05) is 36.6 Å². The summed E-state index contributed by atoms with van der Waals surface area (Å²) < 4.78 is 10.4. The van der Waals surface area contributed by atoms with Crippen LogP contribution in [0, 0.1) is 0 Å². The largest absolute Gasteiger partial charge is 0.367 e. The lowest BCUT2D eigenvalue weighted by atomic mass is 9.96. The summed E-state index contributed by atoms with van der Waals surface area (Å²) in [6.45, 7) is 12.7. The van der Waals surface area contributed by atoms with Gasteiger partial charge < -0.3 is 15.4 Å². The van der Waals surface area contributed by atoms with Gasteiger partial charge in [-0.1, -0.05) is 20.8 Å². The Bertz CT molecular complexity index is 438. The van der Waals surface area contributed by atoms with Crippen LogP contribution in [0.3, 0.4) is 0 Å². The average Bonchev–Trinajstić information content (AvgIpc) is 2.75. The summed E-state index contributed by atoms with van der Waals surface area (Å²) in [5, 5.41) is 0.972. The van der Waals surface area contributed by atoms with Crippen LogP contribution in [0.2, 0.25) is 0 Å². The molecule has 1 unspecified atom stereocenters. The maximum absolute atomic E-state index is 5.94. The number of rotatable bonds is 2. The zero-order valence-electron chi connectivity index (χ0n) is 12.4. The Morgan fingerprint density at radius 1 is 1.47 bits per heavy atom. The van der Waals surface area contributed by atoms with Crippen LogP contribution in [0.1, 0.15) is 40.4 Å². The quantitative estimate of drug-likeness (QED) is 0.897. The molecule has 0 aromatic carbocycles. The van der Waals surface area contributed by atoms with E-state index in [9.17, 15) is 0 Å². The number of hydrogen-bond donors (Lipinski definition) is 1. The van der Waals surface area contributed by atoms with Crippen LogP contribution in [0.15, 0.2) is 0 Å². The van der Waals surface area contributed by atoms with E-state index in [1.165, 1.54) is 11.5 Å². The third-order valence-corrected chi connectivity index (χ3v) is 3.88. The topological polar surface area (TPSA) is 64.3 Å². The van der Waals surface area contributed by atoms with Crippen molar-refractivity contribution in [2.75, 3.05) is 24.5 Å². The number of anilines is 1.